The molecule has 0 saturated carbocycles. The highest BCUT2D eigenvalue weighted by atomic mass is 16.5. The minimum atomic E-state index is 0.0253. The van der Waals surface area contributed by atoms with E-state index in [1.807, 2.05) is 36.1 Å². The summed E-state index contributed by atoms with van der Waals surface area (Å²) in [6.07, 6.45) is 7.11. The third-order valence-corrected chi connectivity index (χ3v) is 3.98. The van der Waals surface area contributed by atoms with Crippen LogP contribution in [0.5, 0.6) is 5.75 Å². The first-order valence-electron chi connectivity index (χ1n) is 7.48. The minimum Gasteiger partial charge on any atom is -0.495 e. The van der Waals surface area contributed by atoms with Crippen molar-refractivity contribution in [2.45, 2.75) is 32.4 Å². The number of hydrogen-bond donors (Lipinski definition) is 0. The minimum absolute atomic E-state index is 0.0253. The van der Waals surface area contributed by atoms with E-state index in [4.69, 9.17) is 9.47 Å². The van der Waals surface area contributed by atoms with Gasteiger partial charge in [0.2, 0.25) is 0 Å². The maximum atomic E-state index is 9.28. The highest BCUT2D eigenvalue weighted by Crippen LogP contribution is 2.31. The maximum absolute atomic E-state index is 9.28. The highest BCUT2D eigenvalue weighted by Gasteiger charge is 2.17. The van der Waals surface area contributed by atoms with E-state index in [9.17, 15) is 5.26 Å². The van der Waals surface area contributed by atoms with Crippen LogP contribution >= 0.6 is 0 Å². The zero-order valence-corrected chi connectivity index (χ0v) is 12.9. The van der Waals surface area contributed by atoms with Crippen molar-refractivity contribution >= 4 is 0 Å². The van der Waals surface area contributed by atoms with Crippen LogP contribution in [0.25, 0.3) is 11.1 Å². The van der Waals surface area contributed by atoms with Crippen molar-refractivity contribution < 1.29 is 9.47 Å². The molecule has 0 radical (unpaired) electrons. The van der Waals surface area contributed by atoms with Crippen molar-refractivity contribution in [1.82, 2.24) is 9.78 Å². The number of methoxy groups -OCH3 is 1. The van der Waals surface area contributed by atoms with Gasteiger partial charge >= 0.3 is 0 Å². The number of aromatic nitrogens is 2. The van der Waals surface area contributed by atoms with E-state index in [2.05, 4.69) is 11.2 Å². The zero-order valence-electron chi connectivity index (χ0n) is 12.9. The number of benzene rings is 1. The van der Waals surface area contributed by atoms with E-state index >= 15 is 0 Å². The topological polar surface area (TPSA) is 60.1 Å². The molecule has 114 valence electrons. The fourth-order valence-corrected chi connectivity index (χ4v) is 2.87. The van der Waals surface area contributed by atoms with Gasteiger partial charge < -0.3 is 9.47 Å². The lowest BCUT2D eigenvalue weighted by molar-refractivity contribution is -0.0394. The summed E-state index contributed by atoms with van der Waals surface area (Å²) < 4.78 is 12.9. The predicted octanol–water partition coefficient (Wildman–Crippen LogP) is 3.44. The van der Waals surface area contributed by atoms with Gasteiger partial charge in [-0.05, 0) is 49.4 Å². The van der Waals surface area contributed by atoms with Crippen molar-refractivity contribution in [3.8, 4) is 22.9 Å². The van der Waals surface area contributed by atoms with E-state index < -0.39 is 0 Å². The molecule has 0 spiro atoms. The average molecular weight is 297 g/mol. The van der Waals surface area contributed by atoms with Crippen LogP contribution in [0.2, 0.25) is 0 Å². The highest BCUT2D eigenvalue weighted by molar-refractivity contribution is 5.68. The number of nitrogens with zero attached hydrogens (tertiary/aromatic N) is 3. The second-order valence-corrected chi connectivity index (χ2v) is 5.52. The molecule has 1 aromatic carbocycles. The Morgan fingerprint density at radius 1 is 1.36 bits per heavy atom. The first kappa shape index (κ1) is 14.6. The van der Waals surface area contributed by atoms with Gasteiger partial charge in [0.05, 0.1) is 18.9 Å². The van der Waals surface area contributed by atoms with Crippen molar-refractivity contribution in [3.05, 3.63) is 35.7 Å². The number of aryl methyl sites for hydroxylation is 1. The Bertz CT molecular complexity index is 709. The molecule has 1 unspecified atom stereocenters. The molecule has 1 aromatic heterocycles. The lowest BCUT2D eigenvalue weighted by Gasteiger charge is -2.22. The van der Waals surface area contributed by atoms with E-state index in [1.54, 1.807) is 7.11 Å². The summed E-state index contributed by atoms with van der Waals surface area (Å²) in [4.78, 5) is 0. The van der Waals surface area contributed by atoms with Gasteiger partial charge in [-0.1, -0.05) is 0 Å². The Labute approximate surface area is 130 Å². The van der Waals surface area contributed by atoms with Gasteiger partial charge in [0, 0.05) is 18.4 Å². The summed E-state index contributed by atoms with van der Waals surface area (Å²) in [5, 5.41) is 13.7. The number of nitriles is 1. The standard InChI is InChI=1S/C17H19N3O2/c1-12-7-13(8-14(9-18)17(12)21-2)15-10-19-20(11-15)16-5-3-4-6-22-16/h7-8,10-11,16H,3-6H2,1-2H3. The van der Waals surface area contributed by atoms with E-state index in [0.717, 1.165) is 36.1 Å². The van der Waals surface area contributed by atoms with E-state index in [0.29, 0.717) is 11.3 Å². The molecule has 2 aromatic rings. The molecule has 1 fully saturated rings. The second kappa shape index (κ2) is 6.20. The van der Waals surface area contributed by atoms with Crippen molar-refractivity contribution in [2.75, 3.05) is 13.7 Å². The summed E-state index contributed by atoms with van der Waals surface area (Å²) in [5.41, 5.74) is 3.44. The van der Waals surface area contributed by atoms with Gasteiger partial charge in [-0.25, -0.2) is 4.68 Å². The molecule has 1 aliphatic rings. The van der Waals surface area contributed by atoms with E-state index in [1.165, 1.54) is 6.42 Å². The normalized spacial score (nSPS) is 18.0. The molecule has 1 atom stereocenters. The summed E-state index contributed by atoms with van der Waals surface area (Å²) in [5.74, 6) is 0.634. The third-order valence-electron chi connectivity index (χ3n) is 3.98. The third kappa shape index (κ3) is 2.70. The molecule has 22 heavy (non-hydrogen) atoms. The lowest BCUT2D eigenvalue weighted by Crippen LogP contribution is -2.18. The van der Waals surface area contributed by atoms with Crippen molar-refractivity contribution in [1.29, 1.82) is 5.26 Å². The molecule has 3 rings (SSSR count). The van der Waals surface area contributed by atoms with Gasteiger partial charge in [0.25, 0.3) is 0 Å². The molecule has 0 amide bonds. The van der Waals surface area contributed by atoms with Crippen LogP contribution < -0.4 is 4.74 Å². The monoisotopic (exact) mass is 297 g/mol. The molecular weight excluding hydrogens is 278 g/mol. The first-order chi connectivity index (χ1) is 10.7. The average Bonchev–Trinajstić information content (AvgIpc) is 3.05. The largest absolute Gasteiger partial charge is 0.495 e. The quantitative estimate of drug-likeness (QED) is 0.870. The molecular formula is C17H19N3O2. The first-order valence-corrected chi connectivity index (χ1v) is 7.48. The summed E-state index contributed by atoms with van der Waals surface area (Å²) in [6, 6.07) is 6.05. The summed E-state index contributed by atoms with van der Waals surface area (Å²) in [6.45, 7) is 2.73. The fourth-order valence-electron chi connectivity index (χ4n) is 2.87. The molecule has 5 heteroatoms. The van der Waals surface area contributed by atoms with Crippen molar-refractivity contribution in [2.24, 2.45) is 0 Å². The summed E-state index contributed by atoms with van der Waals surface area (Å²) >= 11 is 0. The van der Waals surface area contributed by atoms with Crippen LogP contribution in [0.1, 0.15) is 36.6 Å². The van der Waals surface area contributed by atoms with Gasteiger partial charge in [-0.2, -0.15) is 10.4 Å². The number of rotatable bonds is 3. The Balaban J connectivity index is 1.93. The van der Waals surface area contributed by atoms with Gasteiger partial charge in [0.15, 0.2) is 0 Å². The predicted molar refractivity (Wildman–Crippen MR) is 82.5 cm³/mol. The van der Waals surface area contributed by atoms with Gasteiger partial charge in [-0.3, -0.25) is 0 Å². The Morgan fingerprint density at radius 3 is 2.91 bits per heavy atom. The molecule has 0 bridgehead atoms. The molecule has 1 saturated heterocycles. The van der Waals surface area contributed by atoms with Crippen LogP contribution in [0.15, 0.2) is 24.5 Å². The lowest BCUT2D eigenvalue weighted by atomic mass is 10.0. The fraction of sp³-hybridized carbons (Fsp3) is 0.412. The van der Waals surface area contributed by atoms with E-state index in [-0.39, 0.29) is 6.23 Å². The zero-order chi connectivity index (χ0) is 15.5. The van der Waals surface area contributed by atoms with Crippen molar-refractivity contribution in [3.63, 3.8) is 0 Å². The van der Waals surface area contributed by atoms with Crippen LogP contribution in [-0.2, 0) is 4.74 Å². The van der Waals surface area contributed by atoms with Crippen LogP contribution in [0.3, 0.4) is 0 Å². The van der Waals surface area contributed by atoms with Crippen LogP contribution in [0, 0.1) is 18.3 Å². The number of hydrogen-bond acceptors (Lipinski definition) is 4. The molecule has 2 heterocycles. The maximum Gasteiger partial charge on any atom is 0.150 e. The molecule has 5 nitrogen and oxygen atoms in total. The SMILES string of the molecule is COc1c(C)cc(-c2cnn(C3CCCCO3)c2)cc1C#N. The van der Waals surface area contributed by atoms with Crippen LogP contribution in [0.4, 0.5) is 0 Å². The Kier molecular flexibility index (Phi) is 4.12. The Morgan fingerprint density at radius 2 is 2.23 bits per heavy atom. The summed E-state index contributed by atoms with van der Waals surface area (Å²) in [7, 11) is 1.58. The molecule has 0 aliphatic carbocycles. The van der Waals surface area contributed by atoms with Gasteiger partial charge in [0.1, 0.15) is 18.0 Å². The second-order valence-electron chi connectivity index (χ2n) is 5.52. The number of ether oxygens (including phenoxy) is 2. The van der Waals surface area contributed by atoms with Crippen LogP contribution in [-0.4, -0.2) is 23.5 Å². The smallest absolute Gasteiger partial charge is 0.150 e. The molecule has 1 aliphatic heterocycles. The molecule has 0 N–H and O–H groups in total. The Hall–Kier alpha value is -2.32. The van der Waals surface area contributed by atoms with Gasteiger partial charge in [-0.15, -0.1) is 0 Å².